The molecule has 1 N–H and O–H groups in total. The highest BCUT2D eigenvalue weighted by molar-refractivity contribution is 7.16. The van der Waals surface area contributed by atoms with Crippen LogP contribution in [0.1, 0.15) is 17.4 Å². The number of carbonyl (C=O) groups excluding carboxylic acids is 1. The minimum atomic E-state index is -0.481. The minimum absolute atomic E-state index is 0.199. The van der Waals surface area contributed by atoms with Gasteiger partial charge >= 0.3 is 5.97 Å². The molecule has 0 aliphatic rings. The van der Waals surface area contributed by atoms with Crippen molar-refractivity contribution in [1.29, 1.82) is 0 Å². The van der Waals surface area contributed by atoms with Crippen LogP contribution in [-0.4, -0.2) is 56.0 Å². The molecule has 0 fully saturated rings. The van der Waals surface area contributed by atoms with Crippen LogP contribution in [0.5, 0.6) is 0 Å². The number of carbonyl (C=O) groups is 1. The molecule has 2 rings (SSSR count). The van der Waals surface area contributed by atoms with E-state index in [2.05, 4.69) is 15.3 Å². The van der Waals surface area contributed by atoms with Gasteiger partial charge in [-0.2, -0.15) is 0 Å². The van der Waals surface area contributed by atoms with Crippen molar-refractivity contribution in [2.24, 2.45) is 0 Å². The van der Waals surface area contributed by atoms with Crippen LogP contribution in [0.25, 0.3) is 10.3 Å². The van der Waals surface area contributed by atoms with Gasteiger partial charge in [0.2, 0.25) is 0 Å². The first kappa shape index (κ1) is 16.6. The summed E-state index contributed by atoms with van der Waals surface area (Å²) in [4.78, 5) is 21.5. The zero-order valence-corrected chi connectivity index (χ0v) is 13.4. The molecule has 0 radical (unpaired) electrons. The minimum Gasteiger partial charge on any atom is -0.461 e. The first-order valence-corrected chi connectivity index (χ1v) is 7.87. The van der Waals surface area contributed by atoms with Crippen molar-refractivity contribution >= 4 is 33.5 Å². The van der Waals surface area contributed by atoms with E-state index in [1.807, 2.05) is 11.4 Å². The van der Waals surface area contributed by atoms with E-state index >= 15 is 0 Å². The normalized spacial score (nSPS) is 10.8. The van der Waals surface area contributed by atoms with Crippen molar-refractivity contribution in [2.45, 2.75) is 6.92 Å². The lowest BCUT2D eigenvalue weighted by Gasteiger charge is -2.10. The largest absolute Gasteiger partial charge is 0.461 e. The number of rotatable bonds is 9. The molecule has 2 aromatic rings. The van der Waals surface area contributed by atoms with Crippen molar-refractivity contribution in [3.63, 3.8) is 0 Å². The molecule has 22 heavy (non-hydrogen) atoms. The Hall–Kier alpha value is -1.77. The molecular formula is C14H19N3O4S. The van der Waals surface area contributed by atoms with E-state index in [0.29, 0.717) is 44.3 Å². The Balaban J connectivity index is 2.05. The van der Waals surface area contributed by atoms with Crippen molar-refractivity contribution in [3.8, 4) is 0 Å². The van der Waals surface area contributed by atoms with Gasteiger partial charge in [-0.05, 0) is 18.4 Å². The Labute approximate surface area is 132 Å². The van der Waals surface area contributed by atoms with Crippen LogP contribution in [0.3, 0.4) is 0 Å². The molecule has 2 heterocycles. The molecule has 8 heteroatoms. The Morgan fingerprint density at radius 2 is 2.18 bits per heavy atom. The van der Waals surface area contributed by atoms with Crippen molar-refractivity contribution in [1.82, 2.24) is 9.97 Å². The summed E-state index contributed by atoms with van der Waals surface area (Å²) in [6.07, 6.45) is 0. The standard InChI is InChI=1S/C14H19N3O4S/c1-3-21-14(18)11-12(15-5-6-20-8-7-19-2)17-13-10(16-11)4-9-22-13/h4,9H,3,5-8H2,1-2H3,(H,15,17). The average molecular weight is 325 g/mol. The summed E-state index contributed by atoms with van der Waals surface area (Å²) in [5.41, 5.74) is 0.889. The predicted octanol–water partition coefficient (Wildman–Crippen LogP) is 1.94. The molecule has 0 spiro atoms. The van der Waals surface area contributed by atoms with Crippen LogP contribution in [0.4, 0.5) is 5.82 Å². The van der Waals surface area contributed by atoms with Gasteiger partial charge in [-0.3, -0.25) is 0 Å². The highest BCUT2D eigenvalue weighted by Gasteiger charge is 2.17. The van der Waals surface area contributed by atoms with E-state index < -0.39 is 5.97 Å². The van der Waals surface area contributed by atoms with Crippen molar-refractivity contribution in [3.05, 3.63) is 17.1 Å². The van der Waals surface area contributed by atoms with Crippen LogP contribution in [0.2, 0.25) is 0 Å². The summed E-state index contributed by atoms with van der Waals surface area (Å²) >= 11 is 1.47. The van der Waals surface area contributed by atoms with Crippen molar-refractivity contribution in [2.75, 3.05) is 45.4 Å². The number of esters is 1. The Kier molecular flexibility index (Phi) is 6.50. The van der Waals surface area contributed by atoms with Gasteiger partial charge in [-0.25, -0.2) is 14.8 Å². The molecule has 0 amide bonds. The third kappa shape index (κ3) is 4.36. The number of hydrogen-bond acceptors (Lipinski definition) is 8. The fourth-order valence-electron chi connectivity index (χ4n) is 1.74. The highest BCUT2D eigenvalue weighted by Crippen LogP contribution is 2.21. The number of fused-ring (bicyclic) bond motifs is 1. The highest BCUT2D eigenvalue weighted by atomic mass is 32.1. The summed E-state index contributed by atoms with van der Waals surface area (Å²) in [5.74, 6) is -0.0605. The lowest BCUT2D eigenvalue weighted by molar-refractivity contribution is 0.0520. The summed E-state index contributed by atoms with van der Waals surface area (Å²) in [6.45, 7) is 4.12. The van der Waals surface area contributed by atoms with Gasteiger partial charge in [-0.1, -0.05) is 0 Å². The third-order valence-electron chi connectivity index (χ3n) is 2.73. The Morgan fingerprint density at radius 1 is 1.32 bits per heavy atom. The molecule has 0 bridgehead atoms. The second-order valence-corrected chi connectivity index (χ2v) is 5.18. The van der Waals surface area contributed by atoms with Gasteiger partial charge in [0, 0.05) is 13.7 Å². The maximum Gasteiger partial charge on any atom is 0.360 e. The zero-order chi connectivity index (χ0) is 15.8. The fourth-order valence-corrected chi connectivity index (χ4v) is 2.45. The summed E-state index contributed by atoms with van der Waals surface area (Å²) < 4.78 is 15.3. The average Bonchev–Trinajstić information content (AvgIpc) is 2.97. The Bertz CT molecular complexity index is 617. The number of nitrogens with zero attached hydrogens (tertiary/aromatic N) is 2. The van der Waals surface area contributed by atoms with Crippen LogP contribution >= 0.6 is 11.3 Å². The maximum atomic E-state index is 12.0. The second-order valence-electron chi connectivity index (χ2n) is 4.28. The molecule has 0 aromatic carbocycles. The number of anilines is 1. The topological polar surface area (TPSA) is 82.6 Å². The van der Waals surface area contributed by atoms with Crippen molar-refractivity contribution < 1.29 is 19.0 Å². The lowest BCUT2D eigenvalue weighted by Crippen LogP contribution is -2.17. The number of nitrogens with one attached hydrogen (secondary N) is 1. The van der Waals surface area contributed by atoms with Crippen LogP contribution in [0, 0.1) is 0 Å². The second kappa shape index (κ2) is 8.62. The first-order chi connectivity index (χ1) is 10.8. The van der Waals surface area contributed by atoms with Crippen LogP contribution in [0.15, 0.2) is 11.4 Å². The molecular weight excluding hydrogens is 306 g/mol. The van der Waals surface area contributed by atoms with Gasteiger partial charge in [0.25, 0.3) is 0 Å². The zero-order valence-electron chi connectivity index (χ0n) is 12.6. The summed E-state index contributed by atoms with van der Waals surface area (Å²) in [7, 11) is 1.62. The number of hydrogen-bond donors (Lipinski definition) is 1. The molecule has 0 atom stereocenters. The predicted molar refractivity (Wildman–Crippen MR) is 84.6 cm³/mol. The molecule has 2 aromatic heterocycles. The van der Waals surface area contributed by atoms with E-state index in [4.69, 9.17) is 14.2 Å². The number of thiophene rings is 1. The van der Waals surface area contributed by atoms with Crippen LogP contribution < -0.4 is 5.32 Å². The Morgan fingerprint density at radius 3 is 2.95 bits per heavy atom. The third-order valence-corrected chi connectivity index (χ3v) is 3.53. The quantitative estimate of drug-likeness (QED) is 0.557. The SMILES string of the molecule is CCOC(=O)c1nc2ccsc2nc1NCCOCCOC. The fraction of sp³-hybridized carbons (Fsp3) is 0.500. The van der Waals surface area contributed by atoms with Gasteiger partial charge in [0.1, 0.15) is 10.3 Å². The molecule has 0 aliphatic heterocycles. The monoisotopic (exact) mass is 325 g/mol. The molecule has 0 aliphatic carbocycles. The van der Waals surface area contributed by atoms with E-state index in [1.165, 1.54) is 11.3 Å². The molecule has 0 unspecified atom stereocenters. The van der Waals surface area contributed by atoms with E-state index in [-0.39, 0.29) is 5.69 Å². The molecule has 0 saturated heterocycles. The number of methoxy groups -OCH3 is 1. The summed E-state index contributed by atoms with van der Waals surface area (Å²) in [6, 6.07) is 1.83. The van der Waals surface area contributed by atoms with E-state index in [0.717, 1.165) is 4.83 Å². The lowest BCUT2D eigenvalue weighted by atomic mass is 10.3. The van der Waals surface area contributed by atoms with Gasteiger partial charge in [0.05, 0.1) is 26.4 Å². The number of ether oxygens (including phenoxy) is 3. The molecule has 0 saturated carbocycles. The van der Waals surface area contributed by atoms with E-state index in [9.17, 15) is 4.79 Å². The van der Waals surface area contributed by atoms with Gasteiger partial charge in [0.15, 0.2) is 11.5 Å². The first-order valence-electron chi connectivity index (χ1n) is 6.99. The summed E-state index contributed by atoms with van der Waals surface area (Å²) in [5, 5.41) is 4.96. The molecule has 7 nitrogen and oxygen atoms in total. The van der Waals surface area contributed by atoms with Gasteiger partial charge in [-0.15, -0.1) is 11.3 Å². The smallest absolute Gasteiger partial charge is 0.360 e. The molecule has 120 valence electrons. The number of aromatic nitrogens is 2. The maximum absolute atomic E-state index is 12.0. The van der Waals surface area contributed by atoms with E-state index in [1.54, 1.807) is 14.0 Å². The van der Waals surface area contributed by atoms with Gasteiger partial charge < -0.3 is 19.5 Å². The van der Waals surface area contributed by atoms with Crippen LogP contribution in [-0.2, 0) is 14.2 Å².